The highest BCUT2D eigenvalue weighted by Gasteiger charge is 2.08. The molecule has 0 spiro atoms. The second-order valence-corrected chi connectivity index (χ2v) is 8.68. The van der Waals surface area contributed by atoms with Crippen LogP contribution in [0, 0.1) is 6.92 Å². The van der Waals surface area contributed by atoms with Gasteiger partial charge in [0.25, 0.3) is 0 Å². The number of allylic oxidation sites excluding steroid dienone is 2. The van der Waals surface area contributed by atoms with Gasteiger partial charge in [0.15, 0.2) is 0 Å². The lowest BCUT2D eigenvalue weighted by Gasteiger charge is -2.14. The van der Waals surface area contributed by atoms with Crippen LogP contribution in [-0.2, 0) is 6.61 Å². The van der Waals surface area contributed by atoms with Gasteiger partial charge in [0, 0.05) is 11.3 Å². The van der Waals surface area contributed by atoms with Gasteiger partial charge in [-0.2, -0.15) is 0 Å². The molecular formula is C29H41NO. The van der Waals surface area contributed by atoms with Crippen LogP contribution >= 0.6 is 0 Å². The van der Waals surface area contributed by atoms with E-state index in [0.717, 1.165) is 22.6 Å². The Morgan fingerprint density at radius 1 is 1.03 bits per heavy atom. The van der Waals surface area contributed by atoms with Gasteiger partial charge >= 0.3 is 0 Å². The highest BCUT2D eigenvalue weighted by atomic mass is 16.5. The molecule has 0 fully saturated rings. The molecule has 0 aliphatic carbocycles. The number of hydrogen-bond donors (Lipinski definition) is 1. The minimum absolute atomic E-state index is 0.578. The van der Waals surface area contributed by atoms with Crippen LogP contribution in [0.15, 0.2) is 61.2 Å². The molecule has 0 aliphatic heterocycles. The zero-order chi connectivity index (χ0) is 22.5. The second kappa shape index (κ2) is 13.7. The SMILES string of the molecule is C=C/C=C(\N)c1ccc(OCc2cccc(C(C)CCCCCCCCC)c2)cc1C. The lowest BCUT2D eigenvalue weighted by Crippen LogP contribution is -2.01. The van der Waals surface area contributed by atoms with Gasteiger partial charge in [0.05, 0.1) is 0 Å². The van der Waals surface area contributed by atoms with Gasteiger partial charge in [-0.15, -0.1) is 0 Å². The van der Waals surface area contributed by atoms with Gasteiger partial charge in [-0.3, -0.25) is 0 Å². The van der Waals surface area contributed by atoms with Crippen molar-refractivity contribution in [3.63, 3.8) is 0 Å². The number of nitrogens with two attached hydrogens (primary N) is 1. The molecule has 2 heteroatoms. The predicted octanol–water partition coefficient (Wildman–Crippen LogP) is 8.30. The molecule has 2 aromatic rings. The van der Waals surface area contributed by atoms with Gasteiger partial charge in [0.1, 0.15) is 12.4 Å². The number of ether oxygens (including phenoxy) is 1. The second-order valence-electron chi connectivity index (χ2n) is 8.68. The molecule has 2 nitrogen and oxygen atoms in total. The van der Waals surface area contributed by atoms with Crippen LogP contribution in [0.5, 0.6) is 5.75 Å². The van der Waals surface area contributed by atoms with E-state index in [-0.39, 0.29) is 0 Å². The van der Waals surface area contributed by atoms with E-state index in [4.69, 9.17) is 10.5 Å². The van der Waals surface area contributed by atoms with E-state index in [1.54, 1.807) is 6.08 Å². The van der Waals surface area contributed by atoms with Crippen LogP contribution in [-0.4, -0.2) is 0 Å². The third-order valence-corrected chi connectivity index (χ3v) is 5.97. The summed E-state index contributed by atoms with van der Waals surface area (Å²) in [4.78, 5) is 0. The molecule has 168 valence electrons. The molecule has 0 heterocycles. The summed E-state index contributed by atoms with van der Waals surface area (Å²) in [7, 11) is 0. The van der Waals surface area contributed by atoms with E-state index in [9.17, 15) is 0 Å². The van der Waals surface area contributed by atoms with Gasteiger partial charge < -0.3 is 10.5 Å². The predicted molar refractivity (Wildman–Crippen MR) is 135 cm³/mol. The minimum atomic E-state index is 0.578. The average molecular weight is 420 g/mol. The number of aryl methyl sites for hydroxylation is 1. The van der Waals surface area contributed by atoms with Crippen molar-refractivity contribution < 1.29 is 4.74 Å². The Labute approximate surface area is 190 Å². The van der Waals surface area contributed by atoms with Gasteiger partial charge in [-0.25, -0.2) is 0 Å². The monoisotopic (exact) mass is 419 g/mol. The van der Waals surface area contributed by atoms with Crippen molar-refractivity contribution in [2.75, 3.05) is 0 Å². The standard InChI is InChI=1S/C29H41NO/c1-5-7-8-9-10-11-12-15-23(3)26-17-13-16-25(21-26)22-31-27-18-19-28(24(4)20-27)29(30)14-6-2/h6,13-14,16-21,23H,2,5,7-12,15,22,30H2,1,3-4H3/b29-14-. The highest BCUT2D eigenvalue weighted by Crippen LogP contribution is 2.25. The highest BCUT2D eigenvalue weighted by molar-refractivity contribution is 5.67. The van der Waals surface area contributed by atoms with Gasteiger partial charge in [0.2, 0.25) is 0 Å². The first-order valence-corrected chi connectivity index (χ1v) is 12.0. The van der Waals surface area contributed by atoms with E-state index in [2.05, 4.69) is 51.6 Å². The molecule has 1 unspecified atom stereocenters. The smallest absolute Gasteiger partial charge is 0.120 e. The average Bonchev–Trinajstić information content (AvgIpc) is 2.77. The molecule has 2 rings (SSSR count). The lowest BCUT2D eigenvalue weighted by atomic mass is 9.93. The molecule has 0 bridgehead atoms. The third-order valence-electron chi connectivity index (χ3n) is 5.97. The van der Waals surface area contributed by atoms with Crippen molar-refractivity contribution in [3.8, 4) is 5.75 Å². The largest absolute Gasteiger partial charge is 0.489 e. The lowest BCUT2D eigenvalue weighted by molar-refractivity contribution is 0.306. The van der Waals surface area contributed by atoms with Crippen LogP contribution in [0.1, 0.15) is 93.4 Å². The molecule has 0 amide bonds. The third kappa shape index (κ3) is 8.65. The van der Waals surface area contributed by atoms with Crippen LogP contribution in [0.3, 0.4) is 0 Å². The van der Waals surface area contributed by atoms with E-state index >= 15 is 0 Å². The molecule has 0 radical (unpaired) electrons. The van der Waals surface area contributed by atoms with E-state index in [1.165, 1.54) is 62.5 Å². The van der Waals surface area contributed by atoms with Crippen LogP contribution in [0.2, 0.25) is 0 Å². The molecule has 0 aromatic heterocycles. The number of benzene rings is 2. The molecule has 2 N–H and O–H groups in total. The van der Waals surface area contributed by atoms with Crippen molar-refractivity contribution in [2.45, 2.75) is 84.7 Å². The fourth-order valence-electron chi connectivity index (χ4n) is 4.00. The maximum absolute atomic E-state index is 6.09. The zero-order valence-electron chi connectivity index (χ0n) is 19.8. The summed E-state index contributed by atoms with van der Waals surface area (Å²) < 4.78 is 6.07. The minimum Gasteiger partial charge on any atom is -0.489 e. The Hall–Kier alpha value is -2.48. The Morgan fingerprint density at radius 2 is 1.77 bits per heavy atom. The molecule has 0 saturated heterocycles. The molecule has 2 aromatic carbocycles. The summed E-state index contributed by atoms with van der Waals surface area (Å²) in [6, 6.07) is 14.9. The fourth-order valence-corrected chi connectivity index (χ4v) is 4.00. The van der Waals surface area contributed by atoms with Crippen molar-refractivity contribution in [1.29, 1.82) is 0 Å². The summed E-state index contributed by atoms with van der Waals surface area (Å²) in [5, 5.41) is 0. The summed E-state index contributed by atoms with van der Waals surface area (Å²) in [5.74, 6) is 1.46. The molecule has 1 atom stereocenters. The summed E-state index contributed by atoms with van der Waals surface area (Å²) in [5.41, 5.74) is 11.6. The van der Waals surface area contributed by atoms with Crippen LogP contribution < -0.4 is 10.5 Å². The van der Waals surface area contributed by atoms with Crippen molar-refractivity contribution >= 4 is 5.70 Å². The topological polar surface area (TPSA) is 35.2 Å². The Kier molecular flexibility index (Phi) is 11.0. The Bertz CT molecular complexity index is 836. The molecule has 31 heavy (non-hydrogen) atoms. The number of unbranched alkanes of at least 4 members (excludes halogenated alkanes) is 6. The fraction of sp³-hybridized carbons (Fsp3) is 0.448. The maximum atomic E-state index is 6.09. The number of hydrogen-bond acceptors (Lipinski definition) is 2. The van der Waals surface area contributed by atoms with E-state index < -0.39 is 0 Å². The first kappa shape index (κ1) is 24.8. The summed E-state index contributed by atoms with van der Waals surface area (Å²) >= 11 is 0. The van der Waals surface area contributed by atoms with E-state index in [0.29, 0.717) is 12.5 Å². The van der Waals surface area contributed by atoms with E-state index in [1.807, 2.05) is 24.3 Å². The molecule has 0 saturated carbocycles. The summed E-state index contributed by atoms with van der Waals surface area (Å²) in [6.07, 6.45) is 14.4. The van der Waals surface area contributed by atoms with Crippen LogP contribution in [0.25, 0.3) is 5.70 Å². The normalized spacial score (nSPS) is 12.5. The quantitative estimate of drug-likeness (QED) is 0.247. The molecule has 0 aliphatic rings. The number of rotatable bonds is 14. The van der Waals surface area contributed by atoms with Crippen LogP contribution in [0.4, 0.5) is 0 Å². The van der Waals surface area contributed by atoms with Crippen molar-refractivity contribution in [3.05, 3.63) is 83.4 Å². The van der Waals surface area contributed by atoms with Gasteiger partial charge in [-0.05, 0) is 60.2 Å². The zero-order valence-corrected chi connectivity index (χ0v) is 19.8. The van der Waals surface area contributed by atoms with Crippen molar-refractivity contribution in [1.82, 2.24) is 0 Å². The first-order chi connectivity index (χ1) is 15.0. The maximum Gasteiger partial charge on any atom is 0.120 e. The Balaban J connectivity index is 1.84. The summed E-state index contributed by atoms with van der Waals surface area (Å²) in [6.45, 7) is 11.0. The van der Waals surface area contributed by atoms with Gasteiger partial charge in [-0.1, -0.05) is 95.7 Å². The molecular weight excluding hydrogens is 378 g/mol. The first-order valence-electron chi connectivity index (χ1n) is 12.0. The van der Waals surface area contributed by atoms with Crippen molar-refractivity contribution in [2.24, 2.45) is 5.73 Å². The Morgan fingerprint density at radius 3 is 2.48 bits per heavy atom.